The number of aromatic nitrogens is 1. The van der Waals surface area contributed by atoms with Crippen molar-refractivity contribution in [3.8, 4) is 0 Å². The van der Waals surface area contributed by atoms with Gasteiger partial charge in [0.1, 0.15) is 5.54 Å². The van der Waals surface area contributed by atoms with Gasteiger partial charge in [0.25, 0.3) is 0 Å². The third-order valence-corrected chi connectivity index (χ3v) is 3.75. The monoisotopic (exact) mass is 234 g/mol. The van der Waals surface area contributed by atoms with Crippen LogP contribution in [0, 0.1) is 6.92 Å². The molecule has 1 aromatic heterocycles. The molecule has 0 bridgehead atoms. The number of pyridine rings is 1. The SMILES string of the molecule is CCC1(C(=O)O)CCCN1c1ccncc1C. The molecule has 0 aliphatic carbocycles. The minimum absolute atomic E-state index is 0.629. The van der Waals surface area contributed by atoms with E-state index in [9.17, 15) is 9.90 Å². The van der Waals surface area contributed by atoms with Gasteiger partial charge in [-0.15, -0.1) is 0 Å². The molecule has 0 radical (unpaired) electrons. The van der Waals surface area contributed by atoms with Crippen LogP contribution in [0.15, 0.2) is 18.5 Å². The van der Waals surface area contributed by atoms with Crippen molar-refractivity contribution >= 4 is 11.7 Å². The molecule has 1 unspecified atom stereocenters. The van der Waals surface area contributed by atoms with Crippen LogP contribution in [0.2, 0.25) is 0 Å². The number of nitrogens with zero attached hydrogens (tertiary/aromatic N) is 2. The average molecular weight is 234 g/mol. The summed E-state index contributed by atoms with van der Waals surface area (Å²) in [5, 5.41) is 9.53. The van der Waals surface area contributed by atoms with Crippen molar-refractivity contribution in [1.29, 1.82) is 0 Å². The number of aryl methyl sites for hydroxylation is 1. The highest BCUT2D eigenvalue weighted by Gasteiger charge is 2.46. The molecular weight excluding hydrogens is 216 g/mol. The van der Waals surface area contributed by atoms with Crippen molar-refractivity contribution in [2.75, 3.05) is 11.4 Å². The summed E-state index contributed by atoms with van der Waals surface area (Å²) in [5.41, 5.74) is 1.31. The largest absolute Gasteiger partial charge is 0.479 e. The minimum atomic E-state index is -0.730. The highest BCUT2D eigenvalue weighted by molar-refractivity contribution is 5.84. The van der Waals surface area contributed by atoms with Gasteiger partial charge >= 0.3 is 5.97 Å². The van der Waals surface area contributed by atoms with Gasteiger partial charge in [-0.25, -0.2) is 4.79 Å². The van der Waals surface area contributed by atoms with Crippen LogP contribution in [-0.2, 0) is 4.79 Å². The van der Waals surface area contributed by atoms with E-state index in [1.807, 2.05) is 24.8 Å². The Bertz CT molecular complexity index is 433. The number of carboxylic acids is 1. The zero-order valence-electron chi connectivity index (χ0n) is 10.3. The van der Waals surface area contributed by atoms with Gasteiger partial charge in [-0.1, -0.05) is 6.92 Å². The maximum absolute atomic E-state index is 11.6. The first kappa shape index (κ1) is 11.9. The van der Waals surface area contributed by atoms with Crippen LogP contribution in [-0.4, -0.2) is 28.1 Å². The van der Waals surface area contributed by atoms with Crippen LogP contribution in [0.25, 0.3) is 0 Å². The summed E-state index contributed by atoms with van der Waals surface area (Å²) in [6.45, 7) is 4.73. The number of carbonyl (C=O) groups is 1. The van der Waals surface area contributed by atoms with Gasteiger partial charge in [-0.2, -0.15) is 0 Å². The Morgan fingerprint density at radius 2 is 2.41 bits per heavy atom. The van der Waals surface area contributed by atoms with Crippen molar-refractivity contribution in [2.24, 2.45) is 0 Å². The number of anilines is 1. The molecule has 1 aliphatic heterocycles. The molecule has 0 spiro atoms. The third kappa shape index (κ3) is 1.77. The van der Waals surface area contributed by atoms with Gasteiger partial charge in [-0.05, 0) is 37.8 Å². The zero-order valence-corrected chi connectivity index (χ0v) is 10.3. The summed E-state index contributed by atoms with van der Waals surface area (Å²) in [4.78, 5) is 17.7. The van der Waals surface area contributed by atoms with Crippen molar-refractivity contribution in [3.05, 3.63) is 24.0 Å². The lowest BCUT2D eigenvalue weighted by molar-refractivity contribution is -0.143. The average Bonchev–Trinajstić information content (AvgIpc) is 2.74. The number of hydrogen-bond acceptors (Lipinski definition) is 3. The lowest BCUT2D eigenvalue weighted by Gasteiger charge is -2.36. The topological polar surface area (TPSA) is 53.4 Å². The second-order valence-electron chi connectivity index (χ2n) is 4.61. The van der Waals surface area contributed by atoms with Gasteiger partial charge in [0, 0.05) is 24.6 Å². The normalized spacial score (nSPS) is 24.0. The Hall–Kier alpha value is -1.58. The Morgan fingerprint density at radius 1 is 1.65 bits per heavy atom. The molecule has 1 aromatic rings. The van der Waals surface area contributed by atoms with Crippen molar-refractivity contribution in [3.63, 3.8) is 0 Å². The van der Waals surface area contributed by atoms with E-state index in [0.29, 0.717) is 6.42 Å². The standard InChI is InChI=1S/C13H18N2O2/c1-3-13(12(16)17)6-4-8-15(13)11-5-7-14-9-10(11)2/h5,7,9H,3-4,6,8H2,1-2H3,(H,16,17). The van der Waals surface area contributed by atoms with Crippen LogP contribution in [0.3, 0.4) is 0 Å². The van der Waals surface area contributed by atoms with E-state index in [4.69, 9.17) is 0 Å². The van der Waals surface area contributed by atoms with Crippen molar-refractivity contribution < 1.29 is 9.90 Å². The first-order valence-corrected chi connectivity index (χ1v) is 6.03. The summed E-state index contributed by atoms with van der Waals surface area (Å²) in [7, 11) is 0. The molecular formula is C13H18N2O2. The molecule has 1 aliphatic rings. The van der Waals surface area contributed by atoms with Crippen LogP contribution in [0.1, 0.15) is 31.7 Å². The maximum Gasteiger partial charge on any atom is 0.329 e. The van der Waals surface area contributed by atoms with Gasteiger partial charge in [-0.3, -0.25) is 4.98 Å². The van der Waals surface area contributed by atoms with E-state index in [0.717, 1.165) is 30.6 Å². The fraction of sp³-hybridized carbons (Fsp3) is 0.538. The molecule has 2 heterocycles. The predicted molar refractivity (Wildman–Crippen MR) is 66.2 cm³/mol. The predicted octanol–water partition coefficient (Wildman–Crippen LogP) is 2.22. The summed E-state index contributed by atoms with van der Waals surface area (Å²) >= 11 is 0. The number of hydrogen-bond donors (Lipinski definition) is 1. The molecule has 1 atom stereocenters. The van der Waals surface area contributed by atoms with Crippen molar-refractivity contribution in [1.82, 2.24) is 4.98 Å². The molecule has 17 heavy (non-hydrogen) atoms. The molecule has 4 nitrogen and oxygen atoms in total. The highest BCUT2D eigenvalue weighted by atomic mass is 16.4. The first-order chi connectivity index (χ1) is 8.12. The number of carboxylic acid groups (broad SMARTS) is 1. The van der Waals surface area contributed by atoms with E-state index in [-0.39, 0.29) is 0 Å². The fourth-order valence-corrected chi connectivity index (χ4v) is 2.74. The summed E-state index contributed by atoms with van der Waals surface area (Å²) in [6, 6.07) is 1.91. The van der Waals surface area contributed by atoms with E-state index in [2.05, 4.69) is 4.98 Å². The minimum Gasteiger partial charge on any atom is -0.479 e. The van der Waals surface area contributed by atoms with Gasteiger partial charge in [0.05, 0.1) is 0 Å². The van der Waals surface area contributed by atoms with Crippen LogP contribution in [0.4, 0.5) is 5.69 Å². The maximum atomic E-state index is 11.6. The molecule has 92 valence electrons. The van der Waals surface area contributed by atoms with Crippen molar-refractivity contribution in [2.45, 2.75) is 38.6 Å². The fourth-order valence-electron chi connectivity index (χ4n) is 2.74. The van der Waals surface area contributed by atoms with Crippen LogP contribution in [0.5, 0.6) is 0 Å². The zero-order chi connectivity index (χ0) is 12.5. The molecule has 1 fully saturated rings. The first-order valence-electron chi connectivity index (χ1n) is 6.03. The second-order valence-corrected chi connectivity index (χ2v) is 4.61. The molecule has 0 aromatic carbocycles. The Kier molecular flexibility index (Phi) is 3.05. The number of rotatable bonds is 3. The highest BCUT2D eigenvalue weighted by Crippen LogP contribution is 2.37. The van der Waals surface area contributed by atoms with E-state index in [1.54, 1.807) is 12.4 Å². The smallest absolute Gasteiger partial charge is 0.329 e. The Balaban J connectivity index is 2.44. The van der Waals surface area contributed by atoms with Gasteiger partial charge < -0.3 is 10.0 Å². The third-order valence-electron chi connectivity index (χ3n) is 3.75. The Labute approximate surface area is 101 Å². The summed E-state index contributed by atoms with van der Waals surface area (Å²) in [6.07, 6.45) is 5.80. The molecule has 1 saturated heterocycles. The molecule has 1 N–H and O–H groups in total. The van der Waals surface area contributed by atoms with Gasteiger partial charge in [0.15, 0.2) is 0 Å². The van der Waals surface area contributed by atoms with Crippen LogP contribution >= 0.6 is 0 Å². The van der Waals surface area contributed by atoms with E-state index >= 15 is 0 Å². The summed E-state index contributed by atoms with van der Waals surface area (Å²) in [5.74, 6) is -0.714. The lowest BCUT2D eigenvalue weighted by Crippen LogP contribution is -2.50. The Morgan fingerprint density at radius 3 is 3.00 bits per heavy atom. The summed E-state index contributed by atoms with van der Waals surface area (Å²) < 4.78 is 0. The number of aliphatic carboxylic acids is 1. The molecule has 0 saturated carbocycles. The quantitative estimate of drug-likeness (QED) is 0.871. The van der Waals surface area contributed by atoms with E-state index in [1.165, 1.54) is 0 Å². The molecule has 2 rings (SSSR count). The molecule has 0 amide bonds. The van der Waals surface area contributed by atoms with E-state index < -0.39 is 11.5 Å². The second kappa shape index (κ2) is 4.35. The lowest BCUT2D eigenvalue weighted by atomic mass is 9.92. The molecule has 4 heteroatoms. The van der Waals surface area contributed by atoms with Crippen LogP contribution < -0.4 is 4.90 Å². The van der Waals surface area contributed by atoms with Gasteiger partial charge in [0.2, 0.25) is 0 Å².